The number of aryl methyl sites for hydroxylation is 1. The van der Waals surface area contributed by atoms with Crippen molar-refractivity contribution in [2.45, 2.75) is 6.92 Å². The molecule has 1 N–H and O–H groups in total. The molecule has 4 nitrogen and oxygen atoms in total. The second-order valence-electron chi connectivity index (χ2n) is 4.25. The third-order valence-electron chi connectivity index (χ3n) is 2.64. The number of thiazole rings is 1. The van der Waals surface area contributed by atoms with Gasteiger partial charge < -0.3 is 5.32 Å². The average Bonchev–Trinajstić information content (AvgIpc) is 2.83. The van der Waals surface area contributed by atoms with Crippen LogP contribution in [0.15, 0.2) is 18.2 Å². The van der Waals surface area contributed by atoms with Crippen LogP contribution in [0, 0.1) is 29.9 Å². The normalized spacial score (nSPS) is 10.3. The first-order valence-electron chi connectivity index (χ1n) is 6.18. The maximum atomic E-state index is 13.3. The number of carbonyl (C=O) groups excluding carboxylic acids is 1. The molecule has 22 heavy (non-hydrogen) atoms. The summed E-state index contributed by atoms with van der Waals surface area (Å²) in [4.78, 5) is 16.7. The zero-order valence-electron chi connectivity index (χ0n) is 11.5. The lowest BCUT2D eigenvalue weighted by atomic mass is 10.1. The highest BCUT2D eigenvalue weighted by atomic mass is 32.2. The van der Waals surface area contributed by atoms with Crippen molar-refractivity contribution in [3.05, 3.63) is 34.7 Å². The Labute approximate surface area is 134 Å². The Balaban J connectivity index is 2.12. The molecule has 1 amide bonds. The van der Waals surface area contributed by atoms with Crippen LogP contribution in [0.2, 0.25) is 0 Å². The van der Waals surface area contributed by atoms with E-state index in [0.29, 0.717) is 16.4 Å². The van der Waals surface area contributed by atoms with Crippen LogP contribution >= 0.6 is 23.1 Å². The van der Waals surface area contributed by atoms with E-state index in [-0.39, 0.29) is 17.4 Å². The lowest BCUT2D eigenvalue weighted by Crippen LogP contribution is -2.14. The fourth-order valence-electron chi connectivity index (χ4n) is 1.71. The second kappa shape index (κ2) is 7.33. The molecule has 0 aliphatic heterocycles. The van der Waals surface area contributed by atoms with Gasteiger partial charge in [0.1, 0.15) is 0 Å². The van der Waals surface area contributed by atoms with Gasteiger partial charge in [-0.1, -0.05) is 0 Å². The summed E-state index contributed by atoms with van der Waals surface area (Å²) in [6, 6.07) is 5.49. The van der Waals surface area contributed by atoms with E-state index in [4.69, 9.17) is 5.26 Å². The third-order valence-corrected chi connectivity index (χ3v) is 4.32. The first-order chi connectivity index (χ1) is 10.5. The van der Waals surface area contributed by atoms with Crippen molar-refractivity contribution in [3.63, 3.8) is 0 Å². The molecule has 114 valence electrons. The Bertz CT molecular complexity index is 740. The van der Waals surface area contributed by atoms with Crippen LogP contribution in [0.4, 0.5) is 13.9 Å². The van der Waals surface area contributed by atoms with Gasteiger partial charge in [-0.2, -0.15) is 5.26 Å². The van der Waals surface area contributed by atoms with Crippen molar-refractivity contribution in [1.82, 2.24) is 4.98 Å². The quantitative estimate of drug-likeness (QED) is 0.846. The number of amides is 1. The highest BCUT2D eigenvalue weighted by molar-refractivity contribution is 8.00. The molecule has 2 rings (SSSR count). The number of nitrogens with one attached hydrogen (secondary N) is 1. The van der Waals surface area contributed by atoms with Crippen molar-refractivity contribution >= 4 is 34.1 Å². The Morgan fingerprint density at radius 2 is 2.23 bits per heavy atom. The van der Waals surface area contributed by atoms with Gasteiger partial charge in [-0.15, -0.1) is 23.1 Å². The number of benzene rings is 1. The number of nitriles is 1. The van der Waals surface area contributed by atoms with Gasteiger partial charge in [0, 0.05) is 10.4 Å². The number of hydrogen-bond donors (Lipinski definition) is 1. The van der Waals surface area contributed by atoms with Gasteiger partial charge in [0.05, 0.1) is 23.3 Å². The molecule has 0 aliphatic rings. The average molecular weight is 339 g/mol. The minimum absolute atomic E-state index is 0.159. The summed E-state index contributed by atoms with van der Waals surface area (Å²) < 4.78 is 26.3. The smallest absolute Gasteiger partial charge is 0.236 e. The fraction of sp³-hybridized carbons (Fsp3) is 0.214. The summed E-state index contributed by atoms with van der Waals surface area (Å²) in [5.74, 6) is -1.72. The van der Waals surface area contributed by atoms with Gasteiger partial charge in [-0.05, 0) is 25.1 Å². The number of anilines is 1. The lowest BCUT2D eigenvalue weighted by molar-refractivity contribution is -0.113. The molecular weight excluding hydrogens is 328 g/mol. The van der Waals surface area contributed by atoms with Crippen LogP contribution < -0.4 is 5.32 Å². The minimum atomic E-state index is -0.941. The number of nitrogens with zero attached hydrogens (tertiary/aromatic N) is 2. The summed E-state index contributed by atoms with van der Waals surface area (Å²) in [5.41, 5.74) is 0.955. The first kappa shape index (κ1) is 16.4. The van der Waals surface area contributed by atoms with Gasteiger partial charge in [0.15, 0.2) is 16.8 Å². The molecule has 1 aromatic heterocycles. The third kappa shape index (κ3) is 4.02. The van der Waals surface area contributed by atoms with E-state index < -0.39 is 11.6 Å². The highest BCUT2D eigenvalue weighted by Gasteiger charge is 2.13. The molecule has 8 heteroatoms. The summed E-state index contributed by atoms with van der Waals surface area (Å²) in [5, 5.41) is 11.4. The van der Waals surface area contributed by atoms with E-state index in [0.717, 1.165) is 17.0 Å². The monoisotopic (exact) mass is 339 g/mol. The molecule has 0 aliphatic carbocycles. The lowest BCUT2D eigenvalue weighted by Gasteiger charge is -2.00. The molecule has 0 saturated carbocycles. The Hall–Kier alpha value is -1.98. The summed E-state index contributed by atoms with van der Waals surface area (Å²) in [6.07, 6.45) is 0. The van der Waals surface area contributed by atoms with Gasteiger partial charge in [0.25, 0.3) is 0 Å². The van der Waals surface area contributed by atoms with Crippen molar-refractivity contribution in [2.24, 2.45) is 0 Å². The number of halogens is 2. The first-order valence-corrected chi connectivity index (χ1v) is 8.15. The highest BCUT2D eigenvalue weighted by Crippen LogP contribution is 2.31. The minimum Gasteiger partial charge on any atom is -0.301 e. The number of thioether (sulfide) groups is 1. The van der Waals surface area contributed by atoms with Crippen molar-refractivity contribution in [3.8, 4) is 17.3 Å². The standard InChI is InChI=1S/C14H11F2N3OS2/c1-8-13(9-2-3-10(15)11(16)6-9)19-14(22-8)18-12(20)7-21-5-4-17/h2-3,6H,5,7H2,1H3,(H,18,19,20). The second-order valence-corrected chi connectivity index (χ2v) is 6.44. The molecule has 1 heterocycles. The van der Waals surface area contributed by atoms with Gasteiger partial charge >= 0.3 is 0 Å². The van der Waals surface area contributed by atoms with Crippen LogP contribution in [0.3, 0.4) is 0 Å². The van der Waals surface area contributed by atoms with E-state index in [2.05, 4.69) is 10.3 Å². The van der Waals surface area contributed by atoms with Crippen LogP contribution in [0.1, 0.15) is 4.88 Å². The van der Waals surface area contributed by atoms with Gasteiger partial charge in [-0.3, -0.25) is 4.79 Å². The van der Waals surface area contributed by atoms with E-state index in [1.165, 1.54) is 29.2 Å². The maximum Gasteiger partial charge on any atom is 0.236 e. The number of rotatable bonds is 5. The zero-order valence-corrected chi connectivity index (χ0v) is 13.2. The molecule has 1 aromatic carbocycles. The van der Waals surface area contributed by atoms with Gasteiger partial charge in [0.2, 0.25) is 5.91 Å². The molecule has 0 saturated heterocycles. The molecular formula is C14H11F2N3OS2. The summed E-state index contributed by atoms with van der Waals surface area (Å²) in [6.45, 7) is 1.79. The van der Waals surface area contributed by atoms with E-state index in [9.17, 15) is 13.6 Å². The topological polar surface area (TPSA) is 65.8 Å². The van der Waals surface area contributed by atoms with Crippen LogP contribution in [0.25, 0.3) is 11.3 Å². The largest absolute Gasteiger partial charge is 0.301 e. The summed E-state index contributed by atoms with van der Waals surface area (Å²) >= 11 is 2.46. The van der Waals surface area contributed by atoms with Crippen molar-refractivity contribution in [1.29, 1.82) is 5.26 Å². The molecule has 0 radical (unpaired) electrons. The predicted octanol–water partition coefficient (Wildman–Crippen LogP) is 3.59. The number of hydrogen-bond acceptors (Lipinski definition) is 5. The Morgan fingerprint density at radius 1 is 1.45 bits per heavy atom. The molecule has 0 atom stereocenters. The van der Waals surface area contributed by atoms with Gasteiger partial charge in [-0.25, -0.2) is 13.8 Å². The molecule has 0 unspecified atom stereocenters. The Morgan fingerprint density at radius 3 is 2.91 bits per heavy atom. The number of aromatic nitrogens is 1. The number of carbonyl (C=O) groups is 1. The van der Waals surface area contributed by atoms with Crippen molar-refractivity contribution in [2.75, 3.05) is 16.8 Å². The van der Waals surface area contributed by atoms with Crippen LogP contribution in [0.5, 0.6) is 0 Å². The summed E-state index contributed by atoms with van der Waals surface area (Å²) in [7, 11) is 0. The van der Waals surface area contributed by atoms with Crippen LogP contribution in [-0.2, 0) is 4.79 Å². The predicted molar refractivity (Wildman–Crippen MR) is 83.8 cm³/mol. The molecule has 0 bridgehead atoms. The SMILES string of the molecule is Cc1sc(NC(=O)CSCC#N)nc1-c1ccc(F)c(F)c1. The van der Waals surface area contributed by atoms with E-state index >= 15 is 0 Å². The van der Waals surface area contributed by atoms with Crippen LogP contribution in [-0.4, -0.2) is 22.4 Å². The molecule has 0 fully saturated rings. The fourth-order valence-corrected chi connectivity index (χ4v) is 3.01. The molecule has 0 spiro atoms. The zero-order chi connectivity index (χ0) is 16.1. The Kier molecular flexibility index (Phi) is 5.46. The molecule has 2 aromatic rings. The van der Waals surface area contributed by atoms with Crippen molar-refractivity contribution < 1.29 is 13.6 Å². The van der Waals surface area contributed by atoms with E-state index in [1.54, 1.807) is 6.92 Å². The maximum absolute atomic E-state index is 13.3. The van der Waals surface area contributed by atoms with E-state index in [1.807, 2.05) is 6.07 Å².